The Kier molecular flexibility index (Phi) is 9.68. The van der Waals surface area contributed by atoms with Crippen LogP contribution in [0.3, 0.4) is 0 Å². The van der Waals surface area contributed by atoms with Crippen molar-refractivity contribution < 1.29 is 24.2 Å². The van der Waals surface area contributed by atoms with Crippen LogP contribution >= 0.6 is 0 Å². The van der Waals surface area contributed by atoms with Gasteiger partial charge in [-0.05, 0) is 80.9 Å². The third-order valence-corrected chi connectivity index (χ3v) is 7.69. The van der Waals surface area contributed by atoms with Crippen LogP contribution in [0.5, 0.6) is 11.5 Å². The molecular formula is C32H42N2O5. The number of nitrogens with zero attached hydrogens (tertiary/aromatic N) is 2. The second-order valence-corrected chi connectivity index (χ2v) is 10.5. The fourth-order valence-electron chi connectivity index (χ4n) is 5.47. The maximum Gasteiger partial charge on any atom is 0.295 e. The molecule has 0 aromatic heterocycles. The Hall–Kier alpha value is -3.32. The minimum Gasteiger partial charge on any atom is -0.507 e. The predicted octanol–water partition coefficient (Wildman–Crippen LogP) is 5.73. The van der Waals surface area contributed by atoms with Crippen LogP contribution in [0.25, 0.3) is 5.76 Å². The number of benzene rings is 2. The number of unbranched alkanes of at least 4 members (excludes halogenated alkanes) is 2. The van der Waals surface area contributed by atoms with Crippen LogP contribution in [-0.4, -0.2) is 65.5 Å². The van der Waals surface area contributed by atoms with E-state index < -0.39 is 17.7 Å². The minimum absolute atomic E-state index is 0.0662. The first-order valence-corrected chi connectivity index (χ1v) is 14.4. The number of amides is 1. The van der Waals surface area contributed by atoms with Crippen LogP contribution in [0, 0.1) is 0 Å². The molecular weight excluding hydrogens is 492 g/mol. The lowest BCUT2D eigenvalue weighted by molar-refractivity contribution is -0.140. The number of fused-ring (bicyclic) bond motifs is 1. The molecule has 2 aromatic carbocycles. The van der Waals surface area contributed by atoms with Gasteiger partial charge in [-0.15, -0.1) is 0 Å². The van der Waals surface area contributed by atoms with Gasteiger partial charge in [-0.2, -0.15) is 0 Å². The molecule has 39 heavy (non-hydrogen) atoms. The molecule has 0 unspecified atom stereocenters. The van der Waals surface area contributed by atoms with Gasteiger partial charge >= 0.3 is 0 Å². The number of aliphatic hydroxyl groups is 1. The number of Topliss-reactive ketones (excluding diaryl/α,β-unsaturated/α-hetero) is 1. The molecule has 0 saturated carbocycles. The molecule has 2 aromatic rings. The Balaban J connectivity index is 1.66. The van der Waals surface area contributed by atoms with E-state index in [1.165, 1.54) is 0 Å². The van der Waals surface area contributed by atoms with Gasteiger partial charge in [0, 0.05) is 18.5 Å². The van der Waals surface area contributed by atoms with E-state index in [1.54, 1.807) is 11.0 Å². The molecule has 2 atom stereocenters. The average Bonchev–Trinajstić information content (AvgIpc) is 3.44. The van der Waals surface area contributed by atoms with Gasteiger partial charge in [0.25, 0.3) is 11.7 Å². The summed E-state index contributed by atoms with van der Waals surface area (Å²) in [5.41, 5.74) is 2.42. The molecule has 1 amide bonds. The highest BCUT2D eigenvalue weighted by Crippen LogP contribution is 2.41. The summed E-state index contributed by atoms with van der Waals surface area (Å²) in [5, 5.41) is 11.5. The summed E-state index contributed by atoms with van der Waals surface area (Å²) in [6, 6.07) is 12.3. The molecule has 0 radical (unpaired) electrons. The number of hydrogen-bond acceptors (Lipinski definition) is 6. The molecule has 0 bridgehead atoms. The van der Waals surface area contributed by atoms with Crippen molar-refractivity contribution in [1.29, 1.82) is 0 Å². The molecule has 1 fully saturated rings. The first-order valence-electron chi connectivity index (χ1n) is 14.4. The topological polar surface area (TPSA) is 79.3 Å². The van der Waals surface area contributed by atoms with Gasteiger partial charge in [0.05, 0.1) is 18.2 Å². The lowest BCUT2D eigenvalue weighted by atomic mass is 9.94. The summed E-state index contributed by atoms with van der Waals surface area (Å²) >= 11 is 0. The van der Waals surface area contributed by atoms with E-state index in [-0.39, 0.29) is 17.4 Å². The van der Waals surface area contributed by atoms with Crippen molar-refractivity contribution >= 4 is 17.4 Å². The summed E-state index contributed by atoms with van der Waals surface area (Å²) in [5.74, 6) is 0.180. The maximum atomic E-state index is 13.4. The largest absolute Gasteiger partial charge is 0.507 e. The summed E-state index contributed by atoms with van der Waals surface area (Å²) in [6.45, 7) is 12.2. The molecule has 2 aliphatic heterocycles. The Labute approximate surface area is 232 Å². The molecule has 0 aliphatic carbocycles. The lowest BCUT2D eigenvalue weighted by Gasteiger charge is -2.27. The quantitative estimate of drug-likeness (QED) is 0.153. The van der Waals surface area contributed by atoms with E-state index in [0.717, 1.165) is 74.4 Å². The van der Waals surface area contributed by atoms with E-state index in [1.807, 2.05) is 43.3 Å². The Morgan fingerprint density at radius 1 is 1.05 bits per heavy atom. The van der Waals surface area contributed by atoms with Crippen LogP contribution in [0.1, 0.15) is 76.1 Å². The van der Waals surface area contributed by atoms with Crippen molar-refractivity contribution in [2.75, 3.05) is 32.8 Å². The highest BCUT2D eigenvalue weighted by molar-refractivity contribution is 6.46. The van der Waals surface area contributed by atoms with Crippen LogP contribution in [0.2, 0.25) is 0 Å². The van der Waals surface area contributed by atoms with Gasteiger partial charge in [-0.1, -0.05) is 45.7 Å². The standard InChI is InChI=1S/C32H42N2O5/c1-5-8-9-19-38-26-14-11-23(12-15-26)29-28(30(35)24-13-16-27-25(21-24)20-22(4)39-27)31(36)32(37)34(29)18-10-17-33(6-2)7-3/h11-16,21-22,29,35H,5-10,17-20H2,1-4H3/b30-28+/t22-,29-/m0/s1. The monoisotopic (exact) mass is 534 g/mol. The first-order chi connectivity index (χ1) is 18.9. The summed E-state index contributed by atoms with van der Waals surface area (Å²) < 4.78 is 11.7. The molecule has 1 N–H and O–H groups in total. The Morgan fingerprint density at radius 3 is 2.49 bits per heavy atom. The van der Waals surface area contributed by atoms with E-state index in [9.17, 15) is 14.7 Å². The SMILES string of the molecule is CCCCCOc1ccc([C@H]2/C(=C(\O)c3ccc4c(c3)C[C@H](C)O4)C(=O)C(=O)N2CCCN(CC)CC)cc1. The molecule has 7 nitrogen and oxygen atoms in total. The third-order valence-electron chi connectivity index (χ3n) is 7.69. The van der Waals surface area contributed by atoms with Gasteiger partial charge in [0.15, 0.2) is 0 Å². The molecule has 0 spiro atoms. The normalized spacial score (nSPS) is 20.0. The lowest BCUT2D eigenvalue weighted by Crippen LogP contribution is -2.33. The molecule has 2 aliphatic rings. The van der Waals surface area contributed by atoms with Crippen molar-refractivity contribution in [3.05, 3.63) is 64.7 Å². The van der Waals surface area contributed by atoms with Crippen LogP contribution in [-0.2, 0) is 16.0 Å². The first kappa shape index (κ1) is 28.7. The van der Waals surface area contributed by atoms with Crippen molar-refractivity contribution in [2.24, 2.45) is 0 Å². The highest BCUT2D eigenvalue weighted by Gasteiger charge is 2.46. The van der Waals surface area contributed by atoms with Gasteiger partial charge in [-0.25, -0.2) is 0 Å². The number of ether oxygens (including phenoxy) is 2. The van der Waals surface area contributed by atoms with Gasteiger partial charge in [0.1, 0.15) is 23.4 Å². The van der Waals surface area contributed by atoms with Gasteiger partial charge < -0.3 is 24.4 Å². The molecule has 4 rings (SSSR count). The van der Waals surface area contributed by atoms with Crippen molar-refractivity contribution in [1.82, 2.24) is 9.80 Å². The minimum atomic E-state index is -0.667. The second kappa shape index (κ2) is 13.2. The van der Waals surface area contributed by atoms with E-state index in [0.29, 0.717) is 18.7 Å². The molecule has 210 valence electrons. The van der Waals surface area contributed by atoms with Gasteiger partial charge in [-0.3, -0.25) is 9.59 Å². The summed E-state index contributed by atoms with van der Waals surface area (Å²) in [6.07, 6.45) is 4.78. The number of likely N-dealkylation sites (tertiary alicyclic amines) is 1. The zero-order valence-corrected chi connectivity index (χ0v) is 23.7. The summed E-state index contributed by atoms with van der Waals surface area (Å²) in [7, 11) is 0. The van der Waals surface area contributed by atoms with Crippen LogP contribution in [0.4, 0.5) is 0 Å². The van der Waals surface area contributed by atoms with Crippen molar-refractivity contribution in [3.63, 3.8) is 0 Å². The van der Waals surface area contributed by atoms with Crippen molar-refractivity contribution in [3.8, 4) is 11.5 Å². The van der Waals surface area contributed by atoms with Crippen LogP contribution in [0.15, 0.2) is 48.0 Å². The van der Waals surface area contributed by atoms with E-state index >= 15 is 0 Å². The number of carbonyl (C=O) groups is 2. The summed E-state index contributed by atoms with van der Waals surface area (Å²) in [4.78, 5) is 30.6. The number of carbonyl (C=O) groups excluding carboxylic acids is 2. The van der Waals surface area contributed by atoms with Crippen LogP contribution < -0.4 is 9.47 Å². The zero-order chi connectivity index (χ0) is 27.9. The Bertz CT molecular complexity index is 1190. The molecule has 1 saturated heterocycles. The highest BCUT2D eigenvalue weighted by atomic mass is 16.5. The molecule has 7 heteroatoms. The third kappa shape index (κ3) is 6.47. The van der Waals surface area contributed by atoms with E-state index in [4.69, 9.17) is 9.47 Å². The Morgan fingerprint density at radius 2 is 1.79 bits per heavy atom. The fraction of sp³-hybridized carbons (Fsp3) is 0.500. The average molecular weight is 535 g/mol. The number of rotatable bonds is 13. The van der Waals surface area contributed by atoms with Crippen molar-refractivity contribution in [2.45, 2.75) is 71.9 Å². The smallest absolute Gasteiger partial charge is 0.295 e. The molecule has 2 heterocycles. The number of aliphatic hydroxyl groups excluding tert-OH is 1. The zero-order valence-electron chi connectivity index (χ0n) is 23.7. The number of ketones is 1. The number of hydrogen-bond donors (Lipinski definition) is 1. The fourth-order valence-corrected chi connectivity index (χ4v) is 5.47. The van der Waals surface area contributed by atoms with E-state index in [2.05, 4.69) is 25.7 Å². The maximum absolute atomic E-state index is 13.4. The predicted molar refractivity (Wildman–Crippen MR) is 153 cm³/mol. The van der Waals surface area contributed by atoms with Gasteiger partial charge in [0.2, 0.25) is 0 Å². The second-order valence-electron chi connectivity index (χ2n) is 10.5.